The predicted octanol–water partition coefficient (Wildman–Crippen LogP) is 4.53. The molecule has 5 nitrogen and oxygen atoms in total. The topological polar surface area (TPSA) is 66.4 Å². The summed E-state index contributed by atoms with van der Waals surface area (Å²) in [5.41, 5.74) is 1.55. The monoisotopic (exact) mass is 408 g/mol. The lowest BCUT2D eigenvalue weighted by atomic mass is 10.1. The van der Waals surface area contributed by atoms with Crippen LogP contribution in [0, 0.1) is 5.82 Å². The second-order valence-corrected chi connectivity index (χ2v) is 7.65. The zero-order valence-electron chi connectivity index (χ0n) is 14.8. The molecule has 0 radical (unpaired) electrons. The lowest BCUT2D eigenvalue weighted by Crippen LogP contribution is -2.13. The van der Waals surface area contributed by atoms with Crippen LogP contribution in [-0.2, 0) is 15.9 Å². The molecule has 0 saturated heterocycles. The maximum atomic E-state index is 14.2. The first kappa shape index (κ1) is 19.7. The average Bonchev–Trinajstić information content (AvgIpc) is 2.67. The van der Waals surface area contributed by atoms with Gasteiger partial charge in [-0.3, -0.25) is 4.98 Å². The number of hydrogen-bond acceptors (Lipinski definition) is 5. The largest absolute Gasteiger partial charge is 0.611 e. The van der Waals surface area contributed by atoms with Crippen LogP contribution in [-0.4, -0.2) is 36.1 Å². The average molecular weight is 409 g/mol. The van der Waals surface area contributed by atoms with Crippen molar-refractivity contribution in [3.63, 3.8) is 0 Å². The predicted molar refractivity (Wildman–Crippen MR) is 106 cm³/mol. The third-order valence-corrected chi connectivity index (χ3v) is 5.53. The van der Waals surface area contributed by atoms with Gasteiger partial charge in [-0.05, 0) is 35.4 Å². The molecule has 1 heterocycles. The Hall–Kier alpha value is -2.06. The number of anilines is 2. The van der Waals surface area contributed by atoms with Crippen molar-refractivity contribution in [3.8, 4) is 5.75 Å². The van der Waals surface area contributed by atoms with Crippen molar-refractivity contribution in [2.75, 3.05) is 31.9 Å². The number of hydrogen-bond donors (Lipinski definition) is 1. The SMILES string of the molecule is COCC[S+]([O-])c1cc2c(Nc3ccc(Cl)cc3F)ccnc2cc1OC. The number of nitrogens with one attached hydrogen (secondary N) is 1. The Kier molecular flexibility index (Phi) is 6.38. The highest BCUT2D eigenvalue weighted by atomic mass is 35.5. The molecule has 3 aromatic rings. The number of halogens is 2. The standard InChI is InChI=1S/C19H18ClFN2O3S/c1-25-7-8-27(24)19-10-13-15(5-6-22-17(13)11-18(19)26-2)23-16-4-3-12(20)9-14(16)21/h3-6,9-11H,7-8H2,1-2H3,(H,22,23). The van der Waals surface area contributed by atoms with Gasteiger partial charge in [0.15, 0.2) is 10.6 Å². The van der Waals surface area contributed by atoms with Crippen LogP contribution in [0.5, 0.6) is 5.75 Å². The highest BCUT2D eigenvalue weighted by Crippen LogP contribution is 2.34. The van der Waals surface area contributed by atoms with Gasteiger partial charge in [0, 0.05) is 41.5 Å². The molecule has 2 aromatic carbocycles. The quantitative estimate of drug-likeness (QED) is 0.581. The van der Waals surface area contributed by atoms with Gasteiger partial charge in [0.2, 0.25) is 0 Å². The Morgan fingerprint density at radius 3 is 2.70 bits per heavy atom. The summed E-state index contributed by atoms with van der Waals surface area (Å²) < 4.78 is 37.2. The molecular weight excluding hydrogens is 391 g/mol. The minimum absolute atomic E-state index is 0.282. The Balaban J connectivity index is 2.05. The van der Waals surface area contributed by atoms with Crippen LogP contribution >= 0.6 is 11.6 Å². The minimum Gasteiger partial charge on any atom is -0.611 e. The molecule has 1 atom stereocenters. The number of rotatable bonds is 7. The van der Waals surface area contributed by atoms with E-state index in [4.69, 9.17) is 21.1 Å². The molecule has 0 saturated carbocycles. The van der Waals surface area contributed by atoms with E-state index in [-0.39, 0.29) is 5.69 Å². The van der Waals surface area contributed by atoms with Gasteiger partial charge >= 0.3 is 0 Å². The molecule has 142 valence electrons. The lowest BCUT2D eigenvalue weighted by Gasteiger charge is -2.16. The molecule has 0 amide bonds. The molecule has 0 fully saturated rings. The van der Waals surface area contributed by atoms with Gasteiger partial charge < -0.3 is 19.3 Å². The maximum Gasteiger partial charge on any atom is 0.195 e. The highest BCUT2D eigenvalue weighted by Gasteiger charge is 2.20. The van der Waals surface area contributed by atoms with Gasteiger partial charge in [-0.25, -0.2) is 4.39 Å². The molecule has 0 bridgehead atoms. The van der Waals surface area contributed by atoms with Crippen LogP contribution in [0.2, 0.25) is 5.02 Å². The van der Waals surface area contributed by atoms with Gasteiger partial charge in [-0.15, -0.1) is 0 Å². The van der Waals surface area contributed by atoms with E-state index in [0.717, 1.165) is 0 Å². The number of ether oxygens (including phenoxy) is 2. The number of benzene rings is 2. The lowest BCUT2D eigenvalue weighted by molar-refractivity contribution is 0.217. The molecule has 0 aliphatic carbocycles. The van der Waals surface area contributed by atoms with Crippen LogP contribution in [0.4, 0.5) is 15.8 Å². The van der Waals surface area contributed by atoms with Crippen molar-refractivity contribution in [2.45, 2.75) is 4.90 Å². The second-order valence-electron chi connectivity index (χ2n) is 5.67. The Morgan fingerprint density at radius 1 is 1.19 bits per heavy atom. The fourth-order valence-corrected chi connectivity index (χ4v) is 3.92. The van der Waals surface area contributed by atoms with E-state index >= 15 is 0 Å². The van der Waals surface area contributed by atoms with E-state index < -0.39 is 17.0 Å². The van der Waals surface area contributed by atoms with Crippen molar-refractivity contribution < 1.29 is 18.4 Å². The molecule has 0 aliphatic rings. The molecule has 8 heteroatoms. The van der Waals surface area contributed by atoms with Crippen molar-refractivity contribution in [1.82, 2.24) is 4.98 Å². The molecular formula is C19H18ClFN2O3S. The Labute approximate surface area is 164 Å². The molecule has 1 unspecified atom stereocenters. The van der Waals surface area contributed by atoms with Gasteiger partial charge in [0.25, 0.3) is 0 Å². The minimum atomic E-state index is -1.31. The third-order valence-electron chi connectivity index (χ3n) is 3.95. The van der Waals surface area contributed by atoms with E-state index in [0.29, 0.717) is 44.6 Å². The summed E-state index contributed by atoms with van der Waals surface area (Å²) in [6, 6.07) is 9.60. The van der Waals surface area contributed by atoms with Crippen LogP contribution in [0.3, 0.4) is 0 Å². The van der Waals surface area contributed by atoms with E-state index in [1.807, 2.05) is 0 Å². The number of fused-ring (bicyclic) bond motifs is 1. The van der Waals surface area contributed by atoms with Crippen molar-refractivity contribution in [2.24, 2.45) is 0 Å². The van der Waals surface area contributed by atoms with Crippen LogP contribution in [0.15, 0.2) is 47.5 Å². The third kappa shape index (κ3) is 4.44. The summed E-state index contributed by atoms with van der Waals surface area (Å²) in [6.45, 7) is 0.363. The van der Waals surface area contributed by atoms with Crippen molar-refractivity contribution >= 4 is 45.1 Å². The number of nitrogens with zero attached hydrogens (tertiary/aromatic N) is 1. The number of aromatic nitrogens is 1. The van der Waals surface area contributed by atoms with E-state index in [1.54, 1.807) is 43.6 Å². The van der Waals surface area contributed by atoms with Crippen molar-refractivity contribution in [3.05, 3.63) is 53.4 Å². The summed E-state index contributed by atoms with van der Waals surface area (Å²) in [5.74, 6) is 0.358. The fraction of sp³-hybridized carbons (Fsp3) is 0.211. The smallest absolute Gasteiger partial charge is 0.195 e. The second kappa shape index (κ2) is 8.75. The van der Waals surface area contributed by atoms with Crippen LogP contribution in [0.1, 0.15) is 0 Å². The zero-order valence-corrected chi connectivity index (χ0v) is 16.4. The number of methoxy groups -OCH3 is 2. The first-order chi connectivity index (χ1) is 13.0. The van der Waals surface area contributed by atoms with Gasteiger partial charge in [0.05, 0.1) is 24.9 Å². The maximum absolute atomic E-state index is 14.2. The summed E-state index contributed by atoms with van der Waals surface area (Å²) in [4.78, 5) is 4.87. The number of pyridine rings is 1. The first-order valence-electron chi connectivity index (χ1n) is 8.09. The fourth-order valence-electron chi connectivity index (χ4n) is 2.60. The molecule has 3 rings (SSSR count). The molecule has 1 N–H and O–H groups in total. The highest BCUT2D eigenvalue weighted by molar-refractivity contribution is 7.91. The first-order valence-corrected chi connectivity index (χ1v) is 9.79. The summed E-state index contributed by atoms with van der Waals surface area (Å²) >= 11 is 4.50. The summed E-state index contributed by atoms with van der Waals surface area (Å²) in [6.07, 6.45) is 1.61. The van der Waals surface area contributed by atoms with Gasteiger partial charge in [-0.1, -0.05) is 11.6 Å². The molecule has 27 heavy (non-hydrogen) atoms. The summed E-state index contributed by atoms with van der Waals surface area (Å²) in [7, 11) is 3.07. The van der Waals surface area contributed by atoms with Crippen LogP contribution in [0.25, 0.3) is 10.9 Å². The Bertz CT molecular complexity index is 958. The van der Waals surface area contributed by atoms with Crippen LogP contribution < -0.4 is 10.1 Å². The van der Waals surface area contributed by atoms with Gasteiger partial charge in [0.1, 0.15) is 11.6 Å². The van der Waals surface area contributed by atoms with E-state index in [2.05, 4.69) is 10.3 Å². The normalized spacial score (nSPS) is 12.2. The van der Waals surface area contributed by atoms with Gasteiger partial charge in [-0.2, -0.15) is 0 Å². The molecule has 0 aliphatic heterocycles. The Morgan fingerprint density at radius 2 is 2.00 bits per heavy atom. The van der Waals surface area contributed by atoms with Crippen molar-refractivity contribution in [1.29, 1.82) is 0 Å². The summed E-state index contributed by atoms with van der Waals surface area (Å²) in [5, 5.41) is 4.07. The molecule has 0 spiro atoms. The zero-order chi connectivity index (χ0) is 19.4. The van der Waals surface area contributed by atoms with E-state index in [1.165, 1.54) is 13.2 Å². The van der Waals surface area contributed by atoms with E-state index in [9.17, 15) is 8.94 Å². The molecule has 1 aromatic heterocycles.